The highest BCUT2D eigenvalue weighted by Crippen LogP contribution is 2.10. The van der Waals surface area contributed by atoms with Crippen molar-refractivity contribution >= 4 is 17.3 Å². The van der Waals surface area contributed by atoms with Gasteiger partial charge in [0.2, 0.25) is 0 Å². The summed E-state index contributed by atoms with van der Waals surface area (Å²) in [6.07, 6.45) is 0.556. The molecular weight excluding hydrogens is 184 g/mol. The highest BCUT2D eigenvalue weighted by Gasteiger charge is 2.23. The van der Waals surface area contributed by atoms with Crippen LogP contribution in [0.2, 0.25) is 0 Å². The average Bonchev–Trinajstić information content (AvgIpc) is 2.03. The summed E-state index contributed by atoms with van der Waals surface area (Å²) in [6.45, 7) is 8.90. The first kappa shape index (κ1) is 10.7. The molecule has 2 atom stereocenters. The number of ether oxygens (including phenoxy) is 1. The molecule has 0 aromatic heterocycles. The molecule has 0 radical (unpaired) electrons. The number of thiocarbonyl (C=S) groups is 1. The number of morpholine rings is 1. The van der Waals surface area contributed by atoms with E-state index in [2.05, 4.69) is 31.0 Å². The van der Waals surface area contributed by atoms with Gasteiger partial charge >= 0.3 is 0 Å². The van der Waals surface area contributed by atoms with Crippen molar-refractivity contribution in [3.05, 3.63) is 0 Å². The summed E-state index contributed by atoms with van der Waals surface area (Å²) in [5.41, 5.74) is 0. The lowest BCUT2D eigenvalue weighted by Gasteiger charge is -2.36. The molecule has 0 saturated carbocycles. The van der Waals surface area contributed by atoms with Crippen molar-refractivity contribution in [3.63, 3.8) is 0 Å². The quantitative estimate of drug-likeness (QED) is 0.641. The Kier molecular flexibility index (Phi) is 3.93. The number of rotatable bonds is 1. The summed E-state index contributed by atoms with van der Waals surface area (Å²) in [7, 11) is 0. The molecular formula is C9H18N2OS. The first-order chi connectivity index (χ1) is 6.13. The molecule has 1 aliphatic heterocycles. The van der Waals surface area contributed by atoms with E-state index >= 15 is 0 Å². The van der Waals surface area contributed by atoms with Crippen LogP contribution in [0.1, 0.15) is 20.8 Å². The number of hydrogen-bond acceptors (Lipinski definition) is 2. The lowest BCUT2D eigenvalue weighted by atomic mass is 10.2. The van der Waals surface area contributed by atoms with Gasteiger partial charge < -0.3 is 15.0 Å². The second kappa shape index (κ2) is 4.77. The maximum atomic E-state index is 5.62. The molecule has 4 heteroatoms. The predicted octanol–water partition coefficient (Wildman–Crippen LogP) is 0.990. The third-order valence-corrected chi connectivity index (χ3v) is 2.44. The normalized spacial score (nSPS) is 28.7. The zero-order chi connectivity index (χ0) is 9.84. The molecule has 3 nitrogen and oxygen atoms in total. The van der Waals surface area contributed by atoms with Gasteiger partial charge in [-0.15, -0.1) is 0 Å². The Morgan fingerprint density at radius 2 is 2.00 bits per heavy atom. The molecule has 0 spiro atoms. The Bertz CT molecular complexity index is 176. The summed E-state index contributed by atoms with van der Waals surface area (Å²) in [5.74, 6) is 0. The van der Waals surface area contributed by atoms with Gasteiger partial charge in [-0.2, -0.15) is 0 Å². The predicted molar refractivity (Wildman–Crippen MR) is 57.9 cm³/mol. The van der Waals surface area contributed by atoms with Gasteiger partial charge in [0.05, 0.1) is 12.2 Å². The van der Waals surface area contributed by atoms with Crippen LogP contribution in [0.4, 0.5) is 0 Å². The fourth-order valence-electron chi connectivity index (χ4n) is 1.61. The summed E-state index contributed by atoms with van der Waals surface area (Å²) in [4.78, 5) is 2.18. The zero-order valence-corrected chi connectivity index (χ0v) is 9.36. The third-order valence-electron chi connectivity index (χ3n) is 2.03. The van der Waals surface area contributed by atoms with Gasteiger partial charge in [-0.05, 0) is 33.0 Å². The van der Waals surface area contributed by atoms with Crippen LogP contribution >= 0.6 is 12.2 Å². The smallest absolute Gasteiger partial charge is 0.169 e. The first-order valence-electron chi connectivity index (χ1n) is 4.81. The lowest BCUT2D eigenvalue weighted by molar-refractivity contribution is -0.0481. The van der Waals surface area contributed by atoms with Crippen LogP contribution in [-0.4, -0.2) is 41.9 Å². The van der Waals surface area contributed by atoms with Crippen LogP contribution in [0.25, 0.3) is 0 Å². The van der Waals surface area contributed by atoms with Crippen LogP contribution in [0.3, 0.4) is 0 Å². The molecule has 0 aliphatic carbocycles. The van der Waals surface area contributed by atoms with Crippen molar-refractivity contribution in [2.45, 2.75) is 33.0 Å². The monoisotopic (exact) mass is 202 g/mol. The SMILES string of the molecule is CCNC(=S)N1C[C@@H](C)O[C@H](C)C1. The Labute approximate surface area is 85.4 Å². The van der Waals surface area contributed by atoms with E-state index in [0.29, 0.717) is 0 Å². The molecule has 0 unspecified atom stereocenters. The Hall–Kier alpha value is -0.350. The minimum atomic E-state index is 0.278. The summed E-state index contributed by atoms with van der Waals surface area (Å²) < 4.78 is 5.62. The van der Waals surface area contributed by atoms with Crippen LogP contribution < -0.4 is 5.32 Å². The fraction of sp³-hybridized carbons (Fsp3) is 0.889. The molecule has 1 fully saturated rings. The van der Waals surface area contributed by atoms with Gasteiger partial charge in [0, 0.05) is 19.6 Å². The number of nitrogens with one attached hydrogen (secondary N) is 1. The van der Waals surface area contributed by atoms with E-state index in [4.69, 9.17) is 17.0 Å². The Balaban J connectivity index is 2.45. The van der Waals surface area contributed by atoms with Crippen molar-refractivity contribution in [3.8, 4) is 0 Å². The van der Waals surface area contributed by atoms with Crippen molar-refractivity contribution < 1.29 is 4.74 Å². The molecule has 1 saturated heterocycles. The van der Waals surface area contributed by atoms with E-state index < -0.39 is 0 Å². The Morgan fingerprint density at radius 1 is 1.46 bits per heavy atom. The van der Waals surface area contributed by atoms with Gasteiger partial charge in [-0.1, -0.05) is 0 Å². The van der Waals surface area contributed by atoms with Crippen LogP contribution in [0.15, 0.2) is 0 Å². The van der Waals surface area contributed by atoms with Crippen molar-refractivity contribution in [1.29, 1.82) is 0 Å². The zero-order valence-electron chi connectivity index (χ0n) is 8.54. The molecule has 0 amide bonds. The highest BCUT2D eigenvalue weighted by molar-refractivity contribution is 7.80. The average molecular weight is 202 g/mol. The standard InChI is InChI=1S/C9H18N2OS/c1-4-10-9(13)11-5-7(2)12-8(3)6-11/h7-8H,4-6H2,1-3H3,(H,10,13)/t7-,8-/m1/s1. The lowest BCUT2D eigenvalue weighted by Crippen LogP contribution is -2.51. The highest BCUT2D eigenvalue weighted by atomic mass is 32.1. The van der Waals surface area contributed by atoms with Crippen molar-refractivity contribution in [2.24, 2.45) is 0 Å². The topological polar surface area (TPSA) is 24.5 Å². The molecule has 0 aromatic rings. The van der Waals surface area contributed by atoms with Crippen molar-refractivity contribution in [2.75, 3.05) is 19.6 Å². The second-order valence-electron chi connectivity index (χ2n) is 3.50. The molecule has 76 valence electrons. The van der Waals surface area contributed by atoms with Crippen LogP contribution in [0.5, 0.6) is 0 Å². The molecule has 13 heavy (non-hydrogen) atoms. The maximum absolute atomic E-state index is 5.62. The maximum Gasteiger partial charge on any atom is 0.169 e. The van der Waals surface area contributed by atoms with E-state index in [1.165, 1.54) is 0 Å². The minimum Gasteiger partial charge on any atom is -0.372 e. The van der Waals surface area contributed by atoms with Crippen LogP contribution in [0, 0.1) is 0 Å². The summed E-state index contributed by atoms with van der Waals surface area (Å²) in [5, 5.41) is 4.01. The Morgan fingerprint density at radius 3 is 2.46 bits per heavy atom. The molecule has 1 N–H and O–H groups in total. The van der Waals surface area contributed by atoms with E-state index in [-0.39, 0.29) is 12.2 Å². The minimum absolute atomic E-state index is 0.278. The largest absolute Gasteiger partial charge is 0.372 e. The van der Waals surface area contributed by atoms with E-state index in [1.54, 1.807) is 0 Å². The second-order valence-corrected chi connectivity index (χ2v) is 3.88. The third kappa shape index (κ3) is 3.12. The summed E-state index contributed by atoms with van der Waals surface area (Å²) in [6, 6.07) is 0. The van der Waals surface area contributed by atoms with E-state index in [9.17, 15) is 0 Å². The fourth-order valence-corrected chi connectivity index (χ4v) is 1.90. The van der Waals surface area contributed by atoms with Gasteiger partial charge in [-0.25, -0.2) is 0 Å². The van der Waals surface area contributed by atoms with E-state index in [1.807, 2.05) is 0 Å². The first-order valence-corrected chi connectivity index (χ1v) is 5.22. The molecule has 1 aliphatic rings. The molecule has 0 aromatic carbocycles. The van der Waals surface area contributed by atoms with Crippen LogP contribution in [-0.2, 0) is 4.74 Å². The molecule has 0 bridgehead atoms. The number of nitrogens with zero attached hydrogens (tertiary/aromatic N) is 1. The molecule has 1 rings (SSSR count). The molecule has 1 heterocycles. The van der Waals surface area contributed by atoms with Gasteiger partial charge in [-0.3, -0.25) is 0 Å². The van der Waals surface area contributed by atoms with E-state index in [0.717, 1.165) is 24.7 Å². The van der Waals surface area contributed by atoms with Gasteiger partial charge in [0.1, 0.15) is 0 Å². The van der Waals surface area contributed by atoms with Gasteiger partial charge in [0.25, 0.3) is 0 Å². The number of hydrogen-bond donors (Lipinski definition) is 1. The van der Waals surface area contributed by atoms with Gasteiger partial charge in [0.15, 0.2) is 5.11 Å². The van der Waals surface area contributed by atoms with Crippen molar-refractivity contribution in [1.82, 2.24) is 10.2 Å². The summed E-state index contributed by atoms with van der Waals surface area (Å²) >= 11 is 5.24.